The summed E-state index contributed by atoms with van der Waals surface area (Å²) in [5.41, 5.74) is 7.39. The molecule has 0 aliphatic heterocycles. The number of benzene rings is 1. The Hall–Kier alpha value is -1.22. The van der Waals surface area contributed by atoms with Crippen LogP contribution >= 0.6 is 47.1 Å². The number of nitrogen functional groups attached to an aromatic ring is 1. The molecule has 1 aromatic carbocycles. The second-order valence-corrected chi connectivity index (χ2v) is 5.10. The van der Waals surface area contributed by atoms with Crippen molar-refractivity contribution in [2.75, 3.05) is 5.73 Å². The molecule has 92 valence electrons. The SMILES string of the molecule is Nc1n[nH]c(=S)n1-c1c(Cl)cc(Cl)c2nsnc12. The molecule has 6 nitrogen and oxygen atoms in total. The summed E-state index contributed by atoms with van der Waals surface area (Å²) < 4.78 is 10.1. The molecule has 0 amide bonds. The number of hydrogen-bond donors (Lipinski definition) is 2. The van der Waals surface area contributed by atoms with Gasteiger partial charge in [-0.1, -0.05) is 23.2 Å². The number of fused-ring (bicyclic) bond motifs is 1. The highest BCUT2D eigenvalue weighted by atomic mass is 35.5. The first-order chi connectivity index (χ1) is 8.59. The zero-order chi connectivity index (χ0) is 12.9. The fraction of sp³-hybridized carbons (Fsp3) is 0. The van der Waals surface area contributed by atoms with Crippen molar-refractivity contribution in [3.63, 3.8) is 0 Å². The van der Waals surface area contributed by atoms with Crippen molar-refractivity contribution in [1.82, 2.24) is 23.5 Å². The summed E-state index contributed by atoms with van der Waals surface area (Å²) in [6, 6.07) is 1.58. The predicted molar refractivity (Wildman–Crippen MR) is 74.2 cm³/mol. The van der Waals surface area contributed by atoms with Crippen LogP contribution in [-0.2, 0) is 0 Å². The third-order valence-electron chi connectivity index (χ3n) is 2.34. The van der Waals surface area contributed by atoms with E-state index in [-0.39, 0.29) is 5.95 Å². The van der Waals surface area contributed by atoms with E-state index in [2.05, 4.69) is 18.9 Å². The molecule has 0 atom stereocenters. The summed E-state index contributed by atoms with van der Waals surface area (Å²) in [7, 11) is 0. The third kappa shape index (κ3) is 1.61. The Bertz CT molecular complexity index is 804. The van der Waals surface area contributed by atoms with Crippen molar-refractivity contribution >= 4 is 64.1 Å². The first-order valence-corrected chi connectivity index (χ1v) is 6.52. The number of H-pyrrole nitrogens is 1. The maximum atomic E-state index is 6.19. The molecule has 0 unspecified atom stereocenters. The number of hydrogen-bond acceptors (Lipinski definition) is 6. The van der Waals surface area contributed by atoms with Crippen LogP contribution in [0.3, 0.4) is 0 Å². The van der Waals surface area contributed by atoms with E-state index in [1.54, 1.807) is 6.07 Å². The van der Waals surface area contributed by atoms with Crippen LogP contribution in [0.15, 0.2) is 6.07 Å². The quantitative estimate of drug-likeness (QED) is 0.674. The Morgan fingerprint density at radius 1 is 1.28 bits per heavy atom. The predicted octanol–water partition coefficient (Wildman–Crippen LogP) is 2.82. The lowest BCUT2D eigenvalue weighted by Gasteiger charge is -2.07. The monoisotopic (exact) mass is 318 g/mol. The fourth-order valence-corrected chi connectivity index (χ4v) is 3.02. The number of halogens is 2. The molecule has 2 aromatic heterocycles. The van der Waals surface area contributed by atoms with Crippen molar-refractivity contribution in [3.8, 4) is 5.69 Å². The summed E-state index contributed by atoms with van der Waals surface area (Å²) in [6.45, 7) is 0. The van der Waals surface area contributed by atoms with Gasteiger partial charge in [-0.15, -0.1) is 5.10 Å². The largest absolute Gasteiger partial charge is 0.368 e. The van der Waals surface area contributed by atoms with Gasteiger partial charge in [0.1, 0.15) is 11.0 Å². The zero-order valence-corrected chi connectivity index (χ0v) is 11.7. The average Bonchev–Trinajstić information content (AvgIpc) is 2.90. The van der Waals surface area contributed by atoms with E-state index in [9.17, 15) is 0 Å². The van der Waals surface area contributed by atoms with Gasteiger partial charge in [0.15, 0.2) is 0 Å². The molecule has 0 saturated carbocycles. The molecule has 3 aromatic rings. The topological polar surface area (TPSA) is 85.4 Å². The summed E-state index contributed by atoms with van der Waals surface area (Å²) in [4.78, 5) is 0. The molecule has 0 fully saturated rings. The van der Waals surface area contributed by atoms with Crippen LogP contribution < -0.4 is 5.73 Å². The number of anilines is 1. The molecular weight excluding hydrogens is 315 g/mol. The van der Waals surface area contributed by atoms with E-state index in [4.69, 9.17) is 41.2 Å². The summed E-state index contributed by atoms with van der Waals surface area (Å²) in [5.74, 6) is 0.193. The third-order valence-corrected chi connectivity index (χ3v) is 3.72. The van der Waals surface area contributed by atoms with E-state index in [0.717, 1.165) is 11.7 Å². The van der Waals surface area contributed by atoms with Crippen LogP contribution in [0.5, 0.6) is 0 Å². The lowest BCUT2D eigenvalue weighted by Crippen LogP contribution is -2.02. The minimum atomic E-state index is 0.193. The minimum Gasteiger partial charge on any atom is -0.368 e. The van der Waals surface area contributed by atoms with E-state index in [1.165, 1.54) is 4.57 Å². The van der Waals surface area contributed by atoms with Crippen molar-refractivity contribution in [1.29, 1.82) is 0 Å². The summed E-state index contributed by atoms with van der Waals surface area (Å²) in [6.07, 6.45) is 0. The van der Waals surface area contributed by atoms with Crippen LogP contribution in [0.25, 0.3) is 16.7 Å². The number of rotatable bonds is 1. The van der Waals surface area contributed by atoms with Gasteiger partial charge in [0, 0.05) is 0 Å². The molecule has 3 rings (SSSR count). The Labute approximate surface area is 120 Å². The fourth-order valence-electron chi connectivity index (χ4n) is 1.60. The first-order valence-electron chi connectivity index (χ1n) is 4.63. The van der Waals surface area contributed by atoms with E-state index in [1.807, 2.05) is 0 Å². The van der Waals surface area contributed by atoms with Crippen LogP contribution in [0.4, 0.5) is 5.95 Å². The molecule has 3 N–H and O–H groups in total. The second-order valence-electron chi connectivity index (χ2n) is 3.37. The first kappa shape index (κ1) is 11.8. The molecule has 0 saturated heterocycles. The molecule has 18 heavy (non-hydrogen) atoms. The maximum Gasteiger partial charge on any atom is 0.225 e. The molecule has 2 heterocycles. The van der Waals surface area contributed by atoms with Crippen molar-refractivity contribution in [3.05, 3.63) is 20.9 Å². The number of nitrogens with zero attached hydrogens (tertiary/aromatic N) is 4. The number of aromatic amines is 1. The van der Waals surface area contributed by atoms with Gasteiger partial charge in [0.05, 0.1) is 27.5 Å². The lowest BCUT2D eigenvalue weighted by molar-refractivity contribution is 1.04. The van der Waals surface area contributed by atoms with Crippen LogP contribution in [0.2, 0.25) is 10.0 Å². The van der Waals surface area contributed by atoms with Gasteiger partial charge < -0.3 is 5.73 Å². The van der Waals surface area contributed by atoms with Gasteiger partial charge in [-0.05, 0) is 18.3 Å². The van der Waals surface area contributed by atoms with Crippen LogP contribution in [0.1, 0.15) is 0 Å². The van der Waals surface area contributed by atoms with E-state index >= 15 is 0 Å². The van der Waals surface area contributed by atoms with Gasteiger partial charge in [-0.25, -0.2) is 5.10 Å². The van der Waals surface area contributed by atoms with Gasteiger partial charge in [0.25, 0.3) is 0 Å². The standard InChI is InChI=1S/C8H4Cl2N6S2/c9-2-1-3(10)6(5-4(2)14-18-15-5)16-7(11)12-13-8(16)17/h1H,(H2,11,12)(H,13,17). The van der Waals surface area contributed by atoms with Crippen molar-refractivity contribution in [2.45, 2.75) is 0 Å². The molecule has 0 spiro atoms. The Morgan fingerprint density at radius 2 is 2.00 bits per heavy atom. The van der Waals surface area contributed by atoms with Crippen molar-refractivity contribution < 1.29 is 0 Å². The average molecular weight is 319 g/mol. The maximum absolute atomic E-state index is 6.19. The van der Waals surface area contributed by atoms with Crippen molar-refractivity contribution in [2.24, 2.45) is 0 Å². The summed E-state index contributed by atoms with van der Waals surface area (Å²) >= 11 is 18.4. The highest BCUT2D eigenvalue weighted by Crippen LogP contribution is 2.34. The van der Waals surface area contributed by atoms with Crippen LogP contribution in [-0.4, -0.2) is 23.5 Å². The Kier molecular flexibility index (Phi) is 2.74. The summed E-state index contributed by atoms with van der Waals surface area (Å²) in [5, 5.41) is 7.23. The molecule has 10 heteroatoms. The Morgan fingerprint density at radius 3 is 2.67 bits per heavy atom. The second kappa shape index (κ2) is 4.16. The van der Waals surface area contributed by atoms with E-state index < -0.39 is 0 Å². The minimum absolute atomic E-state index is 0.193. The normalized spacial score (nSPS) is 11.2. The number of nitrogens with one attached hydrogen (secondary N) is 1. The Balaban J connectivity index is 2.50. The van der Waals surface area contributed by atoms with E-state index in [0.29, 0.717) is 31.5 Å². The highest BCUT2D eigenvalue weighted by molar-refractivity contribution is 7.71. The van der Waals surface area contributed by atoms with Crippen LogP contribution in [0, 0.1) is 4.77 Å². The highest BCUT2D eigenvalue weighted by Gasteiger charge is 2.18. The molecule has 0 radical (unpaired) electrons. The van der Waals surface area contributed by atoms with Gasteiger partial charge in [0.2, 0.25) is 10.7 Å². The molecule has 0 bridgehead atoms. The van der Waals surface area contributed by atoms with Gasteiger partial charge in [-0.3, -0.25) is 4.57 Å². The lowest BCUT2D eigenvalue weighted by atomic mass is 10.2. The molecule has 0 aliphatic rings. The number of aromatic nitrogens is 5. The number of nitrogens with two attached hydrogens (primary N) is 1. The molecular formula is C8H4Cl2N6S2. The molecule has 0 aliphatic carbocycles. The van der Waals surface area contributed by atoms with Gasteiger partial charge in [-0.2, -0.15) is 8.75 Å². The smallest absolute Gasteiger partial charge is 0.225 e. The zero-order valence-electron chi connectivity index (χ0n) is 8.52. The van der Waals surface area contributed by atoms with Gasteiger partial charge >= 0.3 is 0 Å².